The molecule has 0 spiro atoms. The van der Waals surface area contributed by atoms with Gasteiger partial charge in [0.15, 0.2) is 11.5 Å². The van der Waals surface area contributed by atoms with E-state index in [0.717, 1.165) is 30.3 Å². The minimum Gasteiger partial charge on any atom is -0.492 e. The SMILES string of the molecule is c1ccc2c(c1)[C@H]1CNC[C@@]21COc1ccc2c(c1)OCO2. The number of fused-ring (bicyclic) bond motifs is 5. The molecule has 0 bridgehead atoms. The maximum atomic E-state index is 6.12. The van der Waals surface area contributed by atoms with Crippen LogP contribution in [0.5, 0.6) is 17.2 Å². The third-order valence-electron chi connectivity index (χ3n) is 5.17. The van der Waals surface area contributed by atoms with Gasteiger partial charge in [0, 0.05) is 25.1 Å². The Balaban J connectivity index is 1.40. The topological polar surface area (TPSA) is 39.7 Å². The van der Waals surface area contributed by atoms with Gasteiger partial charge in [-0.1, -0.05) is 24.3 Å². The minimum absolute atomic E-state index is 0.118. The minimum atomic E-state index is 0.118. The monoisotopic (exact) mass is 295 g/mol. The lowest BCUT2D eigenvalue weighted by Gasteiger charge is -2.46. The van der Waals surface area contributed by atoms with Crippen LogP contribution in [-0.4, -0.2) is 26.5 Å². The van der Waals surface area contributed by atoms with Gasteiger partial charge in [0.2, 0.25) is 6.79 Å². The molecule has 5 rings (SSSR count). The lowest BCUT2D eigenvalue weighted by Crippen LogP contribution is -2.48. The number of hydrogen-bond acceptors (Lipinski definition) is 4. The molecule has 0 radical (unpaired) electrons. The Labute approximate surface area is 129 Å². The van der Waals surface area contributed by atoms with Crippen LogP contribution < -0.4 is 19.5 Å². The summed E-state index contributed by atoms with van der Waals surface area (Å²) in [6.07, 6.45) is 0. The van der Waals surface area contributed by atoms with Gasteiger partial charge >= 0.3 is 0 Å². The van der Waals surface area contributed by atoms with E-state index in [9.17, 15) is 0 Å². The zero-order chi connectivity index (χ0) is 14.6. The second-order valence-corrected chi connectivity index (χ2v) is 6.23. The molecule has 0 unspecified atom stereocenters. The highest BCUT2D eigenvalue weighted by Gasteiger charge is 2.54. The van der Waals surface area contributed by atoms with Crippen LogP contribution >= 0.6 is 0 Å². The molecule has 2 aromatic carbocycles. The van der Waals surface area contributed by atoms with Crippen molar-refractivity contribution >= 4 is 0 Å². The van der Waals surface area contributed by atoms with E-state index in [-0.39, 0.29) is 5.41 Å². The average molecular weight is 295 g/mol. The first-order chi connectivity index (χ1) is 10.9. The molecular weight excluding hydrogens is 278 g/mol. The lowest BCUT2D eigenvalue weighted by molar-refractivity contribution is 0.173. The molecule has 2 aliphatic heterocycles. The fourth-order valence-electron chi connectivity index (χ4n) is 4.03. The zero-order valence-electron chi connectivity index (χ0n) is 12.2. The Morgan fingerprint density at radius 2 is 2.05 bits per heavy atom. The molecule has 112 valence electrons. The first-order valence-corrected chi connectivity index (χ1v) is 7.69. The van der Waals surface area contributed by atoms with Crippen LogP contribution in [0, 0.1) is 0 Å². The molecule has 3 aliphatic rings. The molecular formula is C18H17NO3. The Morgan fingerprint density at radius 1 is 1.14 bits per heavy atom. The predicted octanol–water partition coefficient (Wildman–Crippen LogP) is 2.43. The molecule has 1 saturated heterocycles. The summed E-state index contributed by atoms with van der Waals surface area (Å²) in [4.78, 5) is 0. The molecule has 1 N–H and O–H groups in total. The smallest absolute Gasteiger partial charge is 0.231 e. The lowest BCUT2D eigenvalue weighted by atomic mass is 9.58. The van der Waals surface area contributed by atoms with Crippen molar-refractivity contribution in [2.45, 2.75) is 11.3 Å². The van der Waals surface area contributed by atoms with Crippen LogP contribution in [0.3, 0.4) is 0 Å². The fourth-order valence-corrected chi connectivity index (χ4v) is 4.03. The molecule has 0 aromatic heterocycles. The molecule has 4 heteroatoms. The summed E-state index contributed by atoms with van der Waals surface area (Å²) < 4.78 is 16.9. The maximum absolute atomic E-state index is 6.12. The van der Waals surface area contributed by atoms with Crippen LogP contribution in [0.1, 0.15) is 17.0 Å². The average Bonchev–Trinajstić information content (AvgIpc) is 3.15. The zero-order valence-corrected chi connectivity index (χ0v) is 12.2. The molecule has 4 nitrogen and oxygen atoms in total. The van der Waals surface area contributed by atoms with E-state index in [1.807, 2.05) is 18.2 Å². The van der Waals surface area contributed by atoms with E-state index in [2.05, 4.69) is 29.6 Å². The van der Waals surface area contributed by atoms with Crippen molar-refractivity contribution in [3.05, 3.63) is 53.6 Å². The first-order valence-electron chi connectivity index (χ1n) is 7.69. The highest BCUT2D eigenvalue weighted by atomic mass is 16.7. The molecule has 22 heavy (non-hydrogen) atoms. The van der Waals surface area contributed by atoms with E-state index in [1.54, 1.807) is 0 Å². The molecule has 0 amide bonds. The molecule has 2 aromatic rings. The Hall–Kier alpha value is -2.20. The van der Waals surface area contributed by atoms with Gasteiger partial charge < -0.3 is 19.5 Å². The van der Waals surface area contributed by atoms with Crippen molar-refractivity contribution in [1.82, 2.24) is 5.32 Å². The van der Waals surface area contributed by atoms with Gasteiger partial charge in [0.1, 0.15) is 5.75 Å². The largest absolute Gasteiger partial charge is 0.492 e. The van der Waals surface area contributed by atoms with E-state index >= 15 is 0 Å². The van der Waals surface area contributed by atoms with Crippen molar-refractivity contribution < 1.29 is 14.2 Å². The van der Waals surface area contributed by atoms with Gasteiger partial charge in [-0.25, -0.2) is 0 Å². The van der Waals surface area contributed by atoms with E-state index in [0.29, 0.717) is 19.3 Å². The highest BCUT2D eigenvalue weighted by Crippen LogP contribution is 2.53. The molecule has 0 saturated carbocycles. The fraction of sp³-hybridized carbons (Fsp3) is 0.333. The van der Waals surface area contributed by atoms with Crippen molar-refractivity contribution in [3.63, 3.8) is 0 Å². The number of hydrogen-bond donors (Lipinski definition) is 1. The molecule has 2 atom stereocenters. The van der Waals surface area contributed by atoms with Gasteiger partial charge in [-0.3, -0.25) is 0 Å². The number of ether oxygens (including phenoxy) is 3. The summed E-state index contributed by atoms with van der Waals surface area (Å²) in [6, 6.07) is 14.5. The van der Waals surface area contributed by atoms with Crippen molar-refractivity contribution in [2.75, 3.05) is 26.5 Å². The molecule has 2 heterocycles. The van der Waals surface area contributed by atoms with Crippen LogP contribution in [0.25, 0.3) is 0 Å². The Kier molecular flexibility index (Phi) is 2.47. The van der Waals surface area contributed by atoms with Gasteiger partial charge in [-0.05, 0) is 23.3 Å². The second kappa shape index (κ2) is 4.40. The van der Waals surface area contributed by atoms with Crippen molar-refractivity contribution in [2.24, 2.45) is 0 Å². The number of rotatable bonds is 3. The highest BCUT2D eigenvalue weighted by molar-refractivity contribution is 5.53. The number of nitrogens with one attached hydrogen (secondary N) is 1. The Morgan fingerprint density at radius 3 is 3.05 bits per heavy atom. The maximum Gasteiger partial charge on any atom is 0.231 e. The standard InChI is InChI=1S/C18H17NO3/c1-2-4-14-13(3-1)15-8-19-9-18(14,15)10-20-12-5-6-16-17(7-12)22-11-21-16/h1-7,15,19H,8-11H2/t15-,18-/m1/s1. The van der Waals surface area contributed by atoms with Gasteiger partial charge in [-0.15, -0.1) is 0 Å². The normalized spacial score (nSPS) is 27.0. The summed E-state index contributed by atoms with van der Waals surface area (Å²) in [7, 11) is 0. The van der Waals surface area contributed by atoms with Crippen LogP contribution in [0.4, 0.5) is 0 Å². The summed E-state index contributed by atoms with van der Waals surface area (Å²) in [5.41, 5.74) is 3.03. The predicted molar refractivity (Wildman–Crippen MR) is 81.8 cm³/mol. The third kappa shape index (κ3) is 1.56. The molecule has 1 fully saturated rings. The quantitative estimate of drug-likeness (QED) is 0.944. The second-order valence-electron chi connectivity index (χ2n) is 6.23. The number of benzene rings is 2. The van der Waals surface area contributed by atoms with Crippen molar-refractivity contribution in [1.29, 1.82) is 0 Å². The van der Waals surface area contributed by atoms with Gasteiger partial charge in [0.25, 0.3) is 0 Å². The van der Waals surface area contributed by atoms with E-state index in [1.165, 1.54) is 11.1 Å². The van der Waals surface area contributed by atoms with Crippen molar-refractivity contribution in [3.8, 4) is 17.2 Å². The van der Waals surface area contributed by atoms with Crippen LogP contribution in [0.2, 0.25) is 0 Å². The molecule has 1 aliphatic carbocycles. The summed E-state index contributed by atoms with van der Waals surface area (Å²) in [6.45, 7) is 3.02. The summed E-state index contributed by atoms with van der Waals surface area (Å²) in [5.74, 6) is 2.97. The van der Waals surface area contributed by atoms with Gasteiger partial charge in [0.05, 0.1) is 12.0 Å². The third-order valence-corrected chi connectivity index (χ3v) is 5.17. The van der Waals surface area contributed by atoms with Crippen LogP contribution in [0.15, 0.2) is 42.5 Å². The Bertz CT molecular complexity index is 745. The van der Waals surface area contributed by atoms with E-state index in [4.69, 9.17) is 14.2 Å². The van der Waals surface area contributed by atoms with Gasteiger partial charge in [-0.2, -0.15) is 0 Å². The first kappa shape index (κ1) is 12.4. The van der Waals surface area contributed by atoms with E-state index < -0.39 is 0 Å². The van der Waals surface area contributed by atoms with Crippen LogP contribution in [-0.2, 0) is 5.41 Å². The summed E-state index contributed by atoms with van der Waals surface area (Å²) >= 11 is 0. The summed E-state index contributed by atoms with van der Waals surface area (Å²) in [5, 5.41) is 3.53.